The lowest BCUT2D eigenvalue weighted by Crippen LogP contribution is -2.22. The van der Waals surface area contributed by atoms with E-state index < -0.39 is 0 Å². The fraction of sp³-hybridized carbons (Fsp3) is 0.360. The van der Waals surface area contributed by atoms with E-state index in [-0.39, 0.29) is 5.78 Å². The SMILES string of the molecule is Cc1[nH]c2ccccc2c1C(=O)CSc1nnc(-c2cccnc2)n1[C@H]1CCCC[C@@H]1C. The number of nitrogens with one attached hydrogen (secondary N) is 1. The van der Waals surface area contributed by atoms with Crippen molar-refractivity contribution < 1.29 is 4.79 Å². The molecule has 1 N–H and O–H groups in total. The number of rotatable bonds is 6. The van der Waals surface area contributed by atoms with Gasteiger partial charge in [0.05, 0.1) is 5.75 Å². The maximum Gasteiger partial charge on any atom is 0.192 e. The third-order valence-electron chi connectivity index (χ3n) is 6.49. The van der Waals surface area contributed by atoms with Gasteiger partial charge >= 0.3 is 0 Å². The molecule has 0 spiro atoms. The molecule has 1 aliphatic rings. The van der Waals surface area contributed by atoms with Crippen molar-refractivity contribution in [2.75, 3.05) is 5.75 Å². The van der Waals surface area contributed by atoms with Crippen LogP contribution in [0.25, 0.3) is 22.3 Å². The van der Waals surface area contributed by atoms with Crippen molar-refractivity contribution in [3.63, 3.8) is 0 Å². The molecule has 1 saturated carbocycles. The zero-order valence-corrected chi connectivity index (χ0v) is 19.2. The number of para-hydroxylation sites is 1. The van der Waals surface area contributed by atoms with Crippen LogP contribution in [0.5, 0.6) is 0 Å². The van der Waals surface area contributed by atoms with E-state index in [1.165, 1.54) is 31.0 Å². The number of hydrogen-bond acceptors (Lipinski definition) is 5. The summed E-state index contributed by atoms with van der Waals surface area (Å²) in [4.78, 5) is 20.8. The topological polar surface area (TPSA) is 76.5 Å². The van der Waals surface area contributed by atoms with Crippen LogP contribution in [0.4, 0.5) is 0 Å². The summed E-state index contributed by atoms with van der Waals surface area (Å²) in [5.74, 6) is 1.82. The molecule has 1 fully saturated rings. The Kier molecular flexibility index (Phi) is 5.83. The first kappa shape index (κ1) is 20.9. The van der Waals surface area contributed by atoms with Gasteiger partial charge in [-0.25, -0.2) is 0 Å². The Bertz CT molecular complexity index is 1250. The van der Waals surface area contributed by atoms with Gasteiger partial charge in [0.2, 0.25) is 0 Å². The molecular formula is C25H27N5OS. The van der Waals surface area contributed by atoms with Crippen molar-refractivity contribution >= 4 is 28.4 Å². The lowest BCUT2D eigenvalue weighted by molar-refractivity contribution is 0.102. The van der Waals surface area contributed by atoms with Crippen LogP contribution in [0, 0.1) is 12.8 Å². The average molecular weight is 446 g/mol. The van der Waals surface area contributed by atoms with E-state index >= 15 is 0 Å². The number of aryl methyl sites for hydroxylation is 1. The second kappa shape index (κ2) is 8.90. The third-order valence-corrected chi connectivity index (χ3v) is 7.43. The second-order valence-corrected chi connectivity index (χ2v) is 9.57. The molecule has 164 valence electrons. The monoisotopic (exact) mass is 445 g/mol. The highest BCUT2D eigenvalue weighted by atomic mass is 32.2. The Labute approximate surface area is 191 Å². The number of pyridine rings is 1. The van der Waals surface area contributed by atoms with Gasteiger partial charge in [0, 0.05) is 46.2 Å². The Morgan fingerprint density at radius 1 is 1.16 bits per heavy atom. The maximum atomic E-state index is 13.2. The summed E-state index contributed by atoms with van der Waals surface area (Å²) in [7, 11) is 0. The Morgan fingerprint density at radius 2 is 2.00 bits per heavy atom. The molecular weight excluding hydrogens is 418 g/mol. The van der Waals surface area contributed by atoms with Gasteiger partial charge in [-0.15, -0.1) is 10.2 Å². The van der Waals surface area contributed by atoms with Gasteiger partial charge in [0.1, 0.15) is 0 Å². The number of benzene rings is 1. The predicted octanol–water partition coefficient (Wildman–Crippen LogP) is 5.86. The molecule has 3 heterocycles. The number of aromatic amines is 1. The van der Waals surface area contributed by atoms with Gasteiger partial charge in [-0.2, -0.15) is 0 Å². The van der Waals surface area contributed by atoms with Crippen LogP contribution in [0.1, 0.15) is 54.7 Å². The van der Waals surface area contributed by atoms with Gasteiger partial charge in [-0.3, -0.25) is 14.3 Å². The van der Waals surface area contributed by atoms with E-state index in [4.69, 9.17) is 0 Å². The molecule has 2 atom stereocenters. The second-order valence-electron chi connectivity index (χ2n) is 8.63. The molecule has 3 aromatic heterocycles. The molecule has 0 bridgehead atoms. The average Bonchev–Trinajstić information content (AvgIpc) is 3.38. The molecule has 32 heavy (non-hydrogen) atoms. The normalized spacial score (nSPS) is 18.8. The highest BCUT2D eigenvalue weighted by Crippen LogP contribution is 2.39. The first-order chi connectivity index (χ1) is 15.6. The van der Waals surface area contributed by atoms with Gasteiger partial charge in [-0.05, 0) is 43.9 Å². The molecule has 0 amide bonds. The molecule has 4 aromatic rings. The summed E-state index contributed by atoms with van der Waals surface area (Å²) in [6, 6.07) is 12.2. The van der Waals surface area contributed by atoms with Gasteiger partial charge in [0.15, 0.2) is 16.8 Å². The Balaban J connectivity index is 1.46. The molecule has 1 aliphatic carbocycles. The standard InChI is InChI=1S/C25H27N5OS/c1-16-8-3-6-12-21(16)30-24(18-9-7-13-26-14-18)28-29-25(30)32-15-22(31)23-17(2)27-20-11-5-4-10-19(20)23/h4-5,7,9-11,13-14,16,21,27H,3,6,8,12,15H2,1-2H3/t16-,21-/m0/s1. The Hall–Kier alpha value is -2.93. The number of ketones is 1. The van der Waals surface area contributed by atoms with Crippen molar-refractivity contribution in [2.45, 2.75) is 50.7 Å². The van der Waals surface area contributed by atoms with E-state index in [9.17, 15) is 4.79 Å². The minimum absolute atomic E-state index is 0.110. The first-order valence-electron chi connectivity index (χ1n) is 11.2. The molecule has 0 unspecified atom stereocenters. The van der Waals surface area contributed by atoms with Crippen molar-refractivity contribution in [3.8, 4) is 11.4 Å². The van der Waals surface area contributed by atoms with Crippen LogP contribution in [0.15, 0.2) is 53.9 Å². The first-order valence-corrected chi connectivity index (χ1v) is 12.2. The number of fused-ring (bicyclic) bond motifs is 1. The summed E-state index contributed by atoms with van der Waals surface area (Å²) in [6.07, 6.45) is 8.39. The molecule has 6 nitrogen and oxygen atoms in total. The number of nitrogens with zero attached hydrogens (tertiary/aromatic N) is 4. The molecule has 0 radical (unpaired) electrons. The number of carbonyl (C=O) groups excluding carboxylic acids is 1. The zero-order valence-electron chi connectivity index (χ0n) is 18.4. The van der Waals surface area contributed by atoms with E-state index in [0.717, 1.165) is 45.1 Å². The maximum absolute atomic E-state index is 13.2. The van der Waals surface area contributed by atoms with Crippen molar-refractivity contribution in [1.29, 1.82) is 0 Å². The van der Waals surface area contributed by atoms with Crippen molar-refractivity contribution in [3.05, 3.63) is 60.0 Å². The minimum atomic E-state index is 0.110. The third kappa shape index (κ3) is 3.86. The lowest BCUT2D eigenvalue weighted by Gasteiger charge is -2.31. The van der Waals surface area contributed by atoms with Crippen LogP contribution in [0.2, 0.25) is 0 Å². The highest BCUT2D eigenvalue weighted by molar-refractivity contribution is 7.99. The number of carbonyl (C=O) groups is 1. The van der Waals surface area contributed by atoms with Crippen molar-refractivity contribution in [2.24, 2.45) is 5.92 Å². The number of aromatic nitrogens is 5. The van der Waals surface area contributed by atoms with E-state index in [1.54, 1.807) is 6.20 Å². The predicted molar refractivity (Wildman–Crippen MR) is 128 cm³/mol. The minimum Gasteiger partial charge on any atom is -0.358 e. The summed E-state index contributed by atoms with van der Waals surface area (Å²) >= 11 is 1.49. The highest BCUT2D eigenvalue weighted by Gasteiger charge is 2.29. The summed E-state index contributed by atoms with van der Waals surface area (Å²) in [5.41, 5.74) is 3.65. The molecule has 5 rings (SSSR count). The van der Waals surface area contributed by atoms with E-state index in [0.29, 0.717) is 17.7 Å². The van der Waals surface area contributed by atoms with Gasteiger partial charge in [0.25, 0.3) is 0 Å². The quantitative estimate of drug-likeness (QED) is 0.297. The van der Waals surface area contributed by atoms with Crippen LogP contribution < -0.4 is 0 Å². The number of Topliss-reactive ketones (excluding diaryl/α,β-unsaturated/α-hetero) is 1. The van der Waals surface area contributed by atoms with Crippen LogP contribution in [-0.4, -0.2) is 36.3 Å². The fourth-order valence-electron chi connectivity index (χ4n) is 4.88. The van der Waals surface area contributed by atoms with E-state index in [1.807, 2.05) is 49.5 Å². The van der Waals surface area contributed by atoms with Crippen molar-refractivity contribution in [1.82, 2.24) is 24.7 Å². The molecule has 0 aliphatic heterocycles. The largest absolute Gasteiger partial charge is 0.358 e. The summed E-state index contributed by atoms with van der Waals surface area (Å²) < 4.78 is 2.26. The van der Waals surface area contributed by atoms with Crippen LogP contribution in [0.3, 0.4) is 0 Å². The smallest absolute Gasteiger partial charge is 0.192 e. The molecule has 1 aromatic carbocycles. The van der Waals surface area contributed by atoms with Gasteiger partial charge < -0.3 is 4.98 Å². The Morgan fingerprint density at radius 3 is 2.81 bits per heavy atom. The molecule has 0 saturated heterocycles. The molecule has 7 heteroatoms. The fourth-order valence-corrected chi connectivity index (χ4v) is 5.75. The summed E-state index contributed by atoms with van der Waals surface area (Å²) in [5, 5.41) is 10.9. The number of thioether (sulfide) groups is 1. The number of hydrogen-bond donors (Lipinski definition) is 1. The van der Waals surface area contributed by atoms with Gasteiger partial charge in [-0.1, -0.05) is 49.7 Å². The lowest BCUT2D eigenvalue weighted by atomic mass is 9.85. The van der Waals surface area contributed by atoms with Crippen LogP contribution >= 0.6 is 11.8 Å². The zero-order chi connectivity index (χ0) is 22.1. The number of H-pyrrole nitrogens is 1. The summed E-state index contributed by atoms with van der Waals surface area (Å²) in [6.45, 7) is 4.27. The van der Waals surface area contributed by atoms with Crippen LogP contribution in [-0.2, 0) is 0 Å². The van der Waals surface area contributed by atoms with E-state index in [2.05, 4.69) is 31.7 Å².